The van der Waals surface area contributed by atoms with Crippen LogP contribution in [0.2, 0.25) is 0 Å². The molecule has 4 aliphatic heterocycles. The van der Waals surface area contributed by atoms with Crippen molar-refractivity contribution in [1.82, 2.24) is 40.4 Å². The van der Waals surface area contributed by atoms with Crippen LogP contribution in [0, 0.1) is 11.3 Å². The summed E-state index contributed by atoms with van der Waals surface area (Å²) in [6.07, 6.45) is 4.97. The number of benzene rings is 2. The van der Waals surface area contributed by atoms with Gasteiger partial charge in [-0.1, -0.05) is 39.8 Å². The van der Waals surface area contributed by atoms with Crippen molar-refractivity contribution in [3.05, 3.63) is 71.5 Å². The number of aromatic nitrogens is 2. The topological polar surface area (TPSA) is 190 Å². The number of aryl methyl sites for hydroxylation is 1. The highest BCUT2D eigenvalue weighted by atomic mass is 16.5. The summed E-state index contributed by atoms with van der Waals surface area (Å²) in [7, 11) is 3.34. The van der Waals surface area contributed by atoms with E-state index in [1.54, 1.807) is 37.4 Å². The van der Waals surface area contributed by atoms with E-state index in [2.05, 4.69) is 65.7 Å². The third-order valence-electron chi connectivity index (χ3n) is 14.5. The van der Waals surface area contributed by atoms with E-state index in [-0.39, 0.29) is 67.4 Å². The van der Waals surface area contributed by atoms with Gasteiger partial charge in [-0.25, -0.2) is 10.4 Å². The molecule has 69 heavy (non-hydrogen) atoms. The number of nitrogens with one attached hydrogen (secondary N) is 3. The quantitative estimate of drug-likeness (QED) is 0.112. The van der Waals surface area contributed by atoms with Gasteiger partial charge in [-0.3, -0.25) is 24.2 Å². The number of likely N-dealkylation sites (tertiary alicyclic amines) is 1. The van der Waals surface area contributed by atoms with Gasteiger partial charge in [0.25, 0.3) is 0 Å². The van der Waals surface area contributed by atoms with Crippen molar-refractivity contribution in [1.29, 1.82) is 0 Å². The van der Waals surface area contributed by atoms with Crippen LogP contribution in [0.15, 0.2) is 54.7 Å². The molecule has 16 nitrogen and oxygen atoms in total. The standard InChI is InChI=1S/C53H72N8O8/c1-10-60-44-17-16-35-26-40(44)41(47(60)39-14-11-19-54-45(39)33(4)67-9)27-52(5,6)30-69-50(65)42-15-12-20-59(57-42)31-68-29-37(23-34-22-36(35)25-38(62)24-34)56-48(63)46(32(2)3)58(8)51(66)53(7)18-13-21-61(53)49(64)43-28-55-43/h11,14,16-17,19,22,24-26,32-33,37,42-43,46,55,57,62H,10,12-13,15,18,20-21,23,27-31H2,1-9H3,(H,56,63)/t33-,37-,42-,43+,46+,53+/m0/s1. The van der Waals surface area contributed by atoms with Gasteiger partial charge in [-0.15, -0.1) is 0 Å². The number of carbonyl (C=O) groups is 4. The summed E-state index contributed by atoms with van der Waals surface area (Å²) in [5, 5.41) is 20.6. The number of methoxy groups -OCH3 is 1. The van der Waals surface area contributed by atoms with Crippen LogP contribution in [-0.2, 0) is 52.8 Å². The Morgan fingerprint density at radius 1 is 1.06 bits per heavy atom. The molecule has 3 amide bonds. The molecule has 372 valence electrons. The Labute approximate surface area is 406 Å². The van der Waals surface area contributed by atoms with Crippen LogP contribution in [0.5, 0.6) is 5.75 Å². The molecule has 4 N–H and O–H groups in total. The largest absolute Gasteiger partial charge is 0.508 e. The van der Waals surface area contributed by atoms with Crippen molar-refractivity contribution in [3.8, 4) is 28.1 Å². The van der Waals surface area contributed by atoms with Crippen molar-refractivity contribution in [2.24, 2.45) is 11.3 Å². The lowest BCUT2D eigenvalue weighted by molar-refractivity contribution is -0.154. The highest BCUT2D eigenvalue weighted by molar-refractivity contribution is 5.97. The first-order chi connectivity index (χ1) is 32.9. The smallest absolute Gasteiger partial charge is 0.324 e. The number of hydrogen-bond acceptors (Lipinski definition) is 12. The van der Waals surface area contributed by atoms with Gasteiger partial charge >= 0.3 is 5.97 Å². The van der Waals surface area contributed by atoms with E-state index in [1.807, 2.05) is 44.8 Å². The molecule has 2 aromatic heterocycles. The van der Waals surface area contributed by atoms with Gasteiger partial charge in [0.15, 0.2) is 0 Å². The van der Waals surface area contributed by atoms with Gasteiger partial charge < -0.3 is 44.3 Å². The first-order valence-corrected chi connectivity index (χ1v) is 24.8. The van der Waals surface area contributed by atoms with Crippen LogP contribution in [0.3, 0.4) is 0 Å². The molecule has 1 unspecified atom stereocenters. The Kier molecular flexibility index (Phi) is 14.9. The predicted octanol–water partition coefficient (Wildman–Crippen LogP) is 5.74. The zero-order valence-corrected chi connectivity index (χ0v) is 41.9. The molecule has 6 heterocycles. The van der Waals surface area contributed by atoms with Gasteiger partial charge in [0, 0.05) is 68.4 Å². The molecule has 0 radical (unpaired) electrons. The number of esters is 1. The Bertz CT molecular complexity index is 2560. The number of ether oxygens (including phenoxy) is 3. The number of phenols is 1. The highest BCUT2D eigenvalue weighted by Gasteiger charge is 2.51. The number of hydrogen-bond donors (Lipinski definition) is 4. The number of nitrogens with zero attached hydrogens (tertiary/aromatic N) is 5. The van der Waals surface area contributed by atoms with Gasteiger partial charge in [0.2, 0.25) is 17.7 Å². The van der Waals surface area contributed by atoms with E-state index < -0.39 is 29.1 Å². The van der Waals surface area contributed by atoms with Crippen LogP contribution in [0.4, 0.5) is 0 Å². The Hall–Kier alpha value is -5.39. The minimum Gasteiger partial charge on any atom is -0.508 e. The lowest BCUT2D eigenvalue weighted by Gasteiger charge is -2.40. The second-order valence-corrected chi connectivity index (χ2v) is 20.9. The third kappa shape index (κ3) is 10.6. The summed E-state index contributed by atoms with van der Waals surface area (Å²) in [6, 6.07) is 13.7. The summed E-state index contributed by atoms with van der Waals surface area (Å²) in [5.41, 5.74) is 9.21. The number of carbonyl (C=O) groups excluding carboxylic acids is 4. The SMILES string of the molecule is CCn1c(-c2cccnc2[C@H](C)OC)c2c3cc(ccc31)-c1cc(O)cc(c1)C[C@H](NC(=O)[C@@H](C(C)C)N(C)C(=O)[C@@]1(C)CCCN1C(=O)[C@H]1CN1)COCN1CCC[C@H](N1)C(=O)OCC(C)(C)C2. The number of fused-ring (bicyclic) bond motifs is 6. The van der Waals surface area contributed by atoms with Crippen LogP contribution >= 0.6 is 0 Å². The van der Waals surface area contributed by atoms with Crippen LogP contribution < -0.4 is 16.1 Å². The van der Waals surface area contributed by atoms with Gasteiger partial charge in [-0.05, 0) is 124 Å². The van der Waals surface area contributed by atoms with E-state index >= 15 is 0 Å². The van der Waals surface area contributed by atoms with Crippen molar-refractivity contribution >= 4 is 34.6 Å². The molecule has 8 rings (SSSR count). The summed E-state index contributed by atoms with van der Waals surface area (Å²) >= 11 is 0. The minimum absolute atomic E-state index is 0.0796. The number of cyclic esters (lactones) is 1. The molecule has 16 heteroatoms. The minimum atomic E-state index is -1.07. The van der Waals surface area contributed by atoms with Crippen molar-refractivity contribution in [2.75, 3.05) is 53.7 Å². The van der Waals surface area contributed by atoms with E-state index in [9.17, 15) is 24.3 Å². The summed E-state index contributed by atoms with van der Waals surface area (Å²) in [6.45, 7) is 16.9. The maximum atomic E-state index is 14.6. The molecule has 2 aromatic carbocycles. The molecule has 3 fully saturated rings. The van der Waals surface area contributed by atoms with Crippen LogP contribution in [0.25, 0.3) is 33.3 Å². The third-order valence-corrected chi connectivity index (χ3v) is 14.5. The van der Waals surface area contributed by atoms with Crippen LogP contribution in [0.1, 0.15) is 97.1 Å². The molecule has 6 bridgehead atoms. The lowest BCUT2D eigenvalue weighted by atomic mass is 9.84. The fourth-order valence-corrected chi connectivity index (χ4v) is 10.9. The molecule has 0 spiro atoms. The lowest BCUT2D eigenvalue weighted by Crippen LogP contribution is -2.62. The first-order valence-electron chi connectivity index (χ1n) is 24.8. The summed E-state index contributed by atoms with van der Waals surface area (Å²) < 4.78 is 20.7. The maximum absolute atomic E-state index is 14.6. The van der Waals surface area contributed by atoms with Gasteiger partial charge in [0.1, 0.15) is 30.1 Å². The number of likely N-dealkylation sites (N-methyl/N-ethyl adjacent to an activating group) is 1. The normalized spacial score (nSPS) is 25.0. The first kappa shape index (κ1) is 50.0. The molecular formula is C53H72N8O8. The Balaban J connectivity index is 1.17. The summed E-state index contributed by atoms with van der Waals surface area (Å²) in [5.74, 6) is -1.21. The molecule has 4 aliphatic rings. The molecule has 0 aliphatic carbocycles. The van der Waals surface area contributed by atoms with E-state index in [0.29, 0.717) is 58.3 Å². The van der Waals surface area contributed by atoms with Crippen LogP contribution in [-0.4, -0.2) is 137 Å². The van der Waals surface area contributed by atoms with Crippen molar-refractivity contribution in [3.63, 3.8) is 0 Å². The molecule has 3 saturated heterocycles. The Morgan fingerprint density at radius 2 is 1.84 bits per heavy atom. The summed E-state index contributed by atoms with van der Waals surface area (Å²) in [4.78, 5) is 64.2. The number of hydrazine groups is 1. The van der Waals surface area contributed by atoms with E-state index in [4.69, 9.17) is 19.2 Å². The zero-order valence-electron chi connectivity index (χ0n) is 41.9. The number of rotatable bonds is 10. The van der Waals surface area contributed by atoms with Crippen molar-refractivity contribution in [2.45, 2.75) is 129 Å². The average molecular weight is 949 g/mol. The fourth-order valence-electron chi connectivity index (χ4n) is 10.9. The monoisotopic (exact) mass is 949 g/mol. The predicted molar refractivity (Wildman–Crippen MR) is 264 cm³/mol. The van der Waals surface area contributed by atoms with Crippen molar-refractivity contribution < 1.29 is 38.5 Å². The van der Waals surface area contributed by atoms with Gasteiger partial charge in [-0.2, -0.15) is 0 Å². The molecular weight excluding hydrogens is 877 g/mol. The molecule has 0 saturated carbocycles. The number of pyridine rings is 1. The molecule has 7 atom stereocenters. The fraction of sp³-hybridized carbons (Fsp3) is 0.566. The Morgan fingerprint density at radius 3 is 2.57 bits per heavy atom. The number of amides is 3. The maximum Gasteiger partial charge on any atom is 0.324 e. The van der Waals surface area contributed by atoms with E-state index in [0.717, 1.165) is 56.5 Å². The van der Waals surface area contributed by atoms with E-state index in [1.165, 1.54) is 4.90 Å². The number of phenolic OH excluding ortho intramolecular Hbond substituents is 1. The second-order valence-electron chi connectivity index (χ2n) is 20.9. The number of aromatic hydroxyl groups is 1. The van der Waals surface area contributed by atoms with Gasteiger partial charge in [0.05, 0.1) is 42.8 Å². The highest BCUT2D eigenvalue weighted by Crippen LogP contribution is 2.42. The second kappa shape index (κ2) is 20.5. The molecule has 4 aromatic rings. The zero-order chi connectivity index (χ0) is 49.4. The average Bonchev–Trinajstić information content (AvgIpc) is 4.04.